The molecule has 0 nitrogen and oxygen atoms in total. The zero-order valence-corrected chi connectivity index (χ0v) is 14.7. The van der Waals surface area contributed by atoms with E-state index in [4.69, 9.17) is 46.4 Å². The molecule has 0 saturated carbocycles. The Balaban J connectivity index is 2.41. The normalized spacial score (nSPS) is 12.9. The molecular weight excluding hydrogens is 318 g/mol. The fourth-order valence-corrected chi connectivity index (χ4v) is 4.97. The summed E-state index contributed by atoms with van der Waals surface area (Å²) in [5.41, 5.74) is 0. The maximum absolute atomic E-state index is 5.72. The first-order chi connectivity index (χ1) is 7.58. The summed E-state index contributed by atoms with van der Waals surface area (Å²) in [6.45, 7) is 0. The van der Waals surface area contributed by atoms with Crippen LogP contribution in [0.5, 0.6) is 0 Å². The number of hydrogen-bond acceptors (Lipinski definition) is 0. The molecule has 0 aliphatic carbocycles. The van der Waals surface area contributed by atoms with Gasteiger partial charge in [-0.1, -0.05) is 34.6 Å². The van der Waals surface area contributed by atoms with Gasteiger partial charge in [0.25, 0.3) is 0 Å². The van der Waals surface area contributed by atoms with E-state index in [9.17, 15) is 0 Å². The molecule has 0 saturated heterocycles. The zero-order valence-electron chi connectivity index (χ0n) is 8.80. The third kappa shape index (κ3) is 6.53. The third-order valence-electron chi connectivity index (χ3n) is 2.33. The fraction of sp³-hybridized carbons (Fsp3) is 0.400. The molecule has 0 aliphatic heterocycles. The predicted molar refractivity (Wildman–Crippen MR) is 83.4 cm³/mol. The second kappa shape index (κ2) is 8.01. The molecular formula is C10H14Cl4Si2. The van der Waals surface area contributed by atoms with Crippen LogP contribution in [0.25, 0.3) is 0 Å². The summed E-state index contributed by atoms with van der Waals surface area (Å²) >= 11 is 22.9. The van der Waals surface area contributed by atoms with Gasteiger partial charge in [0.2, 0.25) is 0 Å². The molecule has 16 heavy (non-hydrogen) atoms. The van der Waals surface area contributed by atoms with Gasteiger partial charge in [0.15, 0.2) is 0 Å². The average molecular weight is 332 g/mol. The highest BCUT2D eigenvalue weighted by Gasteiger charge is 2.03. The van der Waals surface area contributed by atoms with E-state index in [0.29, 0.717) is 0 Å². The van der Waals surface area contributed by atoms with Crippen LogP contribution in [0, 0.1) is 0 Å². The Kier molecular flexibility index (Phi) is 7.45. The van der Waals surface area contributed by atoms with Crippen LogP contribution in [0.15, 0.2) is 24.3 Å². The van der Waals surface area contributed by atoms with Crippen molar-refractivity contribution in [2.75, 3.05) is 0 Å². The standard InChI is InChI=1S/C10H14Cl4Si2/c11-9(12)5-15-7-1-2-8(4-3-7)16-6-10(13)14/h1-4,9-10H,5-6,15-16H2. The molecule has 0 spiro atoms. The van der Waals surface area contributed by atoms with E-state index in [1.165, 1.54) is 10.4 Å². The summed E-state index contributed by atoms with van der Waals surface area (Å²) in [5.74, 6) is 0. The van der Waals surface area contributed by atoms with Crippen LogP contribution >= 0.6 is 46.4 Å². The van der Waals surface area contributed by atoms with Gasteiger partial charge in [0.1, 0.15) is 9.67 Å². The average Bonchev–Trinajstić information content (AvgIpc) is 2.25. The van der Waals surface area contributed by atoms with Crippen LogP contribution in [-0.2, 0) is 0 Å². The van der Waals surface area contributed by atoms with Crippen molar-refractivity contribution >= 4 is 75.8 Å². The first kappa shape index (κ1) is 14.9. The van der Waals surface area contributed by atoms with Gasteiger partial charge in [-0.15, -0.1) is 46.4 Å². The molecule has 0 N–H and O–H groups in total. The summed E-state index contributed by atoms with van der Waals surface area (Å²) in [5, 5.41) is 2.83. The van der Waals surface area contributed by atoms with E-state index in [0.717, 1.165) is 12.1 Å². The minimum absolute atomic E-state index is 0.214. The molecule has 0 amide bonds. The highest BCUT2D eigenvalue weighted by molar-refractivity contribution is 6.60. The van der Waals surface area contributed by atoms with Crippen LogP contribution in [0.3, 0.4) is 0 Å². The monoisotopic (exact) mass is 330 g/mol. The van der Waals surface area contributed by atoms with Crippen LogP contribution in [0.1, 0.15) is 0 Å². The first-order valence-electron chi connectivity index (χ1n) is 5.22. The van der Waals surface area contributed by atoms with Gasteiger partial charge in [-0.05, 0) is 12.1 Å². The lowest BCUT2D eigenvalue weighted by atomic mass is 10.4. The van der Waals surface area contributed by atoms with E-state index in [1.54, 1.807) is 0 Å². The lowest BCUT2D eigenvalue weighted by Gasteiger charge is -2.04. The third-order valence-corrected chi connectivity index (χ3v) is 8.49. The molecule has 0 radical (unpaired) electrons. The predicted octanol–water partition coefficient (Wildman–Crippen LogP) is 1.72. The van der Waals surface area contributed by atoms with Crippen LogP contribution in [0.2, 0.25) is 12.1 Å². The van der Waals surface area contributed by atoms with Gasteiger partial charge >= 0.3 is 0 Å². The van der Waals surface area contributed by atoms with Gasteiger partial charge in [-0.25, -0.2) is 0 Å². The van der Waals surface area contributed by atoms with Crippen molar-refractivity contribution in [3.63, 3.8) is 0 Å². The Bertz CT molecular complexity index is 269. The Morgan fingerprint density at radius 3 is 1.31 bits per heavy atom. The smallest absolute Gasteiger partial charge is 0.105 e. The SMILES string of the molecule is ClC(Cl)C[SiH2]c1ccc([SiH2]CC(Cl)Cl)cc1. The van der Waals surface area contributed by atoms with E-state index < -0.39 is 0 Å². The quantitative estimate of drug-likeness (QED) is 0.550. The molecule has 0 fully saturated rings. The molecule has 0 aromatic heterocycles. The number of benzene rings is 1. The minimum Gasteiger partial charge on any atom is -0.106 e. The summed E-state index contributed by atoms with van der Waals surface area (Å²) in [4.78, 5) is -0.428. The van der Waals surface area contributed by atoms with E-state index in [-0.39, 0.29) is 28.7 Å². The zero-order chi connectivity index (χ0) is 12.0. The number of hydrogen-bond donors (Lipinski definition) is 0. The van der Waals surface area contributed by atoms with Crippen molar-refractivity contribution in [1.29, 1.82) is 0 Å². The molecule has 0 heterocycles. The Morgan fingerprint density at radius 1 is 0.750 bits per heavy atom. The van der Waals surface area contributed by atoms with E-state index in [1.807, 2.05) is 0 Å². The molecule has 1 aromatic carbocycles. The highest BCUT2D eigenvalue weighted by Crippen LogP contribution is 2.07. The molecule has 6 heteroatoms. The molecule has 0 atom stereocenters. The summed E-state index contributed by atoms with van der Waals surface area (Å²) < 4.78 is 0. The van der Waals surface area contributed by atoms with Crippen molar-refractivity contribution in [2.45, 2.75) is 21.8 Å². The second-order valence-electron chi connectivity index (χ2n) is 3.68. The molecule has 0 aliphatic rings. The summed E-state index contributed by atoms with van der Waals surface area (Å²) in [7, 11) is -0.610. The first-order valence-corrected chi connectivity index (χ1v) is 10.4. The van der Waals surface area contributed by atoms with Crippen molar-refractivity contribution in [3.8, 4) is 0 Å². The molecule has 1 aromatic rings. The maximum atomic E-state index is 5.72. The van der Waals surface area contributed by atoms with Crippen LogP contribution in [-0.4, -0.2) is 28.7 Å². The number of halogens is 4. The fourth-order valence-electron chi connectivity index (χ4n) is 1.42. The largest absolute Gasteiger partial charge is 0.106 e. The van der Waals surface area contributed by atoms with Crippen molar-refractivity contribution in [2.24, 2.45) is 0 Å². The van der Waals surface area contributed by atoms with Crippen molar-refractivity contribution < 1.29 is 0 Å². The molecule has 90 valence electrons. The highest BCUT2D eigenvalue weighted by atomic mass is 35.5. The Morgan fingerprint density at radius 2 is 1.06 bits per heavy atom. The lowest BCUT2D eigenvalue weighted by molar-refractivity contribution is 1.35. The maximum Gasteiger partial charge on any atom is 0.105 e. The van der Waals surface area contributed by atoms with Crippen molar-refractivity contribution in [3.05, 3.63) is 24.3 Å². The van der Waals surface area contributed by atoms with Crippen molar-refractivity contribution in [1.82, 2.24) is 0 Å². The molecule has 1 rings (SSSR count). The summed E-state index contributed by atoms with van der Waals surface area (Å²) in [6.07, 6.45) is 0. The lowest BCUT2D eigenvalue weighted by Crippen LogP contribution is -2.21. The number of rotatable bonds is 6. The van der Waals surface area contributed by atoms with Crippen LogP contribution in [0.4, 0.5) is 0 Å². The van der Waals surface area contributed by atoms with Gasteiger partial charge in [-0.3, -0.25) is 0 Å². The Hall–Kier alpha value is 0.814. The number of alkyl halides is 4. The topological polar surface area (TPSA) is 0 Å². The minimum atomic E-state index is -0.305. The van der Waals surface area contributed by atoms with Gasteiger partial charge in [0, 0.05) is 0 Å². The van der Waals surface area contributed by atoms with Crippen LogP contribution < -0.4 is 10.4 Å². The molecule has 0 bridgehead atoms. The van der Waals surface area contributed by atoms with E-state index >= 15 is 0 Å². The second-order valence-corrected chi connectivity index (χ2v) is 10.0. The molecule has 0 unspecified atom stereocenters. The summed E-state index contributed by atoms with van der Waals surface area (Å²) in [6, 6.07) is 10.7. The Labute approximate surface area is 121 Å². The van der Waals surface area contributed by atoms with Gasteiger partial charge in [0.05, 0.1) is 19.0 Å². The van der Waals surface area contributed by atoms with Gasteiger partial charge < -0.3 is 0 Å². The van der Waals surface area contributed by atoms with Gasteiger partial charge in [-0.2, -0.15) is 0 Å². The van der Waals surface area contributed by atoms with E-state index in [2.05, 4.69) is 24.3 Å².